The van der Waals surface area contributed by atoms with E-state index in [4.69, 9.17) is 5.73 Å². The van der Waals surface area contributed by atoms with Crippen molar-refractivity contribution in [2.45, 2.75) is 32.2 Å². The van der Waals surface area contributed by atoms with Crippen LogP contribution in [-0.2, 0) is 13.0 Å². The number of likely N-dealkylation sites (tertiary alicyclic amines) is 1. The van der Waals surface area contributed by atoms with E-state index in [-0.39, 0.29) is 0 Å². The van der Waals surface area contributed by atoms with Crippen LogP contribution in [0.3, 0.4) is 0 Å². The van der Waals surface area contributed by atoms with E-state index in [9.17, 15) is 5.11 Å². The van der Waals surface area contributed by atoms with Gasteiger partial charge in [-0.2, -0.15) is 0 Å². The first kappa shape index (κ1) is 20.8. The minimum absolute atomic E-state index is 0.380. The van der Waals surface area contributed by atoms with E-state index in [1.807, 2.05) is 18.2 Å². The Bertz CT molecular complexity index is 683. The van der Waals surface area contributed by atoms with Gasteiger partial charge < -0.3 is 15.7 Å². The predicted octanol–water partition coefficient (Wildman–Crippen LogP) is 3.50. The van der Waals surface area contributed by atoms with Crippen molar-refractivity contribution in [2.24, 2.45) is 11.7 Å². The molecule has 0 saturated carbocycles. The molecule has 2 aromatic carbocycles. The molecule has 1 aliphatic heterocycles. The van der Waals surface area contributed by atoms with E-state index in [1.54, 1.807) is 6.07 Å². The molecule has 0 atom stereocenters. The van der Waals surface area contributed by atoms with Gasteiger partial charge in [-0.25, -0.2) is 0 Å². The smallest absolute Gasteiger partial charge is 0.120 e. The lowest BCUT2D eigenvalue weighted by molar-refractivity contribution is 0.169. The first-order chi connectivity index (χ1) is 13.7. The number of hydrogen-bond acceptors (Lipinski definition) is 4. The number of phenols is 1. The quantitative estimate of drug-likeness (QED) is 0.661. The Hall–Kier alpha value is -1.88. The maximum Gasteiger partial charge on any atom is 0.120 e. The molecule has 1 aliphatic rings. The lowest BCUT2D eigenvalue weighted by Crippen LogP contribution is -2.37. The number of para-hydroxylation sites is 1. The summed E-state index contributed by atoms with van der Waals surface area (Å²) in [5.74, 6) is 1.21. The van der Waals surface area contributed by atoms with E-state index in [0.717, 1.165) is 44.1 Å². The molecular formula is C24H35N3O. The zero-order valence-electron chi connectivity index (χ0n) is 17.0. The highest BCUT2D eigenvalue weighted by molar-refractivity contribution is 5.31. The summed E-state index contributed by atoms with van der Waals surface area (Å²) in [6, 6.07) is 18.5. The number of aromatic hydroxyl groups is 1. The van der Waals surface area contributed by atoms with Gasteiger partial charge in [0.25, 0.3) is 0 Å². The normalized spacial score (nSPS) is 15.9. The van der Waals surface area contributed by atoms with Crippen molar-refractivity contribution in [2.75, 3.05) is 39.3 Å². The standard InChI is InChI=1S/C24H35N3O/c25-13-18-27(20-23-9-4-5-10-24(23)28)15-6-14-26-16-11-22(12-17-26)19-21-7-2-1-3-8-21/h1-5,7-10,22,28H,6,11-20,25H2. The number of hydrogen-bond donors (Lipinski definition) is 2. The van der Waals surface area contributed by atoms with Crippen LogP contribution < -0.4 is 5.73 Å². The molecule has 1 heterocycles. The van der Waals surface area contributed by atoms with Crippen molar-refractivity contribution in [1.29, 1.82) is 0 Å². The van der Waals surface area contributed by atoms with Crippen LogP contribution in [-0.4, -0.2) is 54.2 Å². The fraction of sp³-hybridized carbons (Fsp3) is 0.500. The summed E-state index contributed by atoms with van der Waals surface area (Å²) >= 11 is 0. The molecule has 0 spiro atoms. The first-order valence-electron chi connectivity index (χ1n) is 10.7. The number of nitrogens with zero attached hydrogens (tertiary/aromatic N) is 2. The fourth-order valence-electron chi connectivity index (χ4n) is 4.22. The summed E-state index contributed by atoms with van der Waals surface area (Å²) in [6.07, 6.45) is 4.98. The molecule has 28 heavy (non-hydrogen) atoms. The Kier molecular flexibility index (Phi) is 8.34. The maximum atomic E-state index is 10.0. The van der Waals surface area contributed by atoms with Crippen LogP contribution in [0.15, 0.2) is 54.6 Å². The topological polar surface area (TPSA) is 52.7 Å². The van der Waals surface area contributed by atoms with Crippen LogP contribution in [0, 0.1) is 5.92 Å². The van der Waals surface area contributed by atoms with Gasteiger partial charge in [0, 0.05) is 25.2 Å². The van der Waals surface area contributed by atoms with Crippen molar-refractivity contribution in [3.05, 3.63) is 65.7 Å². The third kappa shape index (κ3) is 6.62. The maximum absolute atomic E-state index is 10.0. The van der Waals surface area contributed by atoms with Crippen molar-refractivity contribution < 1.29 is 5.11 Å². The number of benzene rings is 2. The van der Waals surface area contributed by atoms with Gasteiger partial charge in [-0.1, -0.05) is 48.5 Å². The van der Waals surface area contributed by atoms with E-state index in [1.165, 1.54) is 37.9 Å². The number of nitrogens with two attached hydrogens (primary N) is 1. The molecule has 0 aromatic heterocycles. The average molecular weight is 382 g/mol. The molecule has 0 aliphatic carbocycles. The van der Waals surface area contributed by atoms with Crippen molar-refractivity contribution in [1.82, 2.24) is 9.80 Å². The molecule has 0 bridgehead atoms. The van der Waals surface area contributed by atoms with Gasteiger partial charge in [-0.15, -0.1) is 0 Å². The molecule has 152 valence electrons. The first-order valence-corrected chi connectivity index (χ1v) is 10.7. The summed E-state index contributed by atoms with van der Waals surface area (Å²) in [5.41, 5.74) is 8.26. The summed E-state index contributed by atoms with van der Waals surface area (Å²) in [7, 11) is 0. The minimum Gasteiger partial charge on any atom is -0.508 e. The van der Waals surface area contributed by atoms with E-state index in [2.05, 4.69) is 40.1 Å². The van der Waals surface area contributed by atoms with Crippen molar-refractivity contribution in [3.63, 3.8) is 0 Å². The third-order valence-electron chi connectivity index (χ3n) is 5.85. The van der Waals surface area contributed by atoms with Gasteiger partial charge in [-0.05, 0) is 69.4 Å². The monoisotopic (exact) mass is 381 g/mol. The lowest BCUT2D eigenvalue weighted by Gasteiger charge is -2.32. The van der Waals surface area contributed by atoms with Crippen LogP contribution in [0.5, 0.6) is 5.75 Å². The Balaban J connectivity index is 1.37. The zero-order valence-corrected chi connectivity index (χ0v) is 17.0. The molecular weight excluding hydrogens is 346 g/mol. The summed E-state index contributed by atoms with van der Waals surface area (Å²) in [6.45, 7) is 6.89. The number of rotatable bonds is 10. The van der Waals surface area contributed by atoms with E-state index < -0.39 is 0 Å². The van der Waals surface area contributed by atoms with Crippen LogP contribution in [0.2, 0.25) is 0 Å². The zero-order chi connectivity index (χ0) is 19.6. The Labute approximate surface area is 170 Å². The average Bonchev–Trinajstić information content (AvgIpc) is 2.72. The van der Waals surface area contributed by atoms with E-state index in [0.29, 0.717) is 12.3 Å². The second-order valence-corrected chi connectivity index (χ2v) is 8.02. The Morgan fingerprint density at radius 3 is 2.39 bits per heavy atom. The van der Waals surface area contributed by atoms with Crippen LogP contribution >= 0.6 is 0 Å². The van der Waals surface area contributed by atoms with Crippen molar-refractivity contribution in [3.8, 4) is 5.75 Å². The molecule has 0 amide bonds. The molecule has 4 nitrogen and oxygen atoms in total. The van der Waals surface area contributed by atoms with Gasteiger partial charge in [0.15, 0.2) is 0 Å². The van der Waals surface area contributed by atoms with E-state index >= 15 is 0 Å². The van der Waals surface area contributed by atoms with Gasteiger partial charge in [-0.3, -0.25) is 4.90 Å². The molecule has 0 radical (unpaired) electrons. The highest BCUT2D eigenvalue weighted by Crippen LogP contribution is 2.22. The molecule has 3 rings (SSSR count). The largest absolute Gasteiger partial charge is 0.508 e. The van der Waals surface area contributed by atoms with Crippen LogP contribution in [0.4, 0.5) is 0 Å². The second kappa shape index (κ2) is 11.2. The summed E-state index contributed by atoms with van der Waals surface area (Å²) in [5, 5.41) is 10.0. The third-order valence-corrected chi connectivity index (χ3v) is 5.85. The van der Waals surface area contributed by atoms with Crippen LogP contribution in [0.25, 0.3) is 0 Å². The lowest BCUT2D eigenvalue weighted by atomic mass is 9.90. The minimum atomic E-state index is 0.380. The fourth-order valence-corrected chi connectivity index (χ4v) is 4.22. The molecule has 3 N–H and O–H groups in total. The summed E-state index contributed by atoms with van der Waals surface area (Å²) < 4.78 is 0. The molecule has 4 heteroatoms. The highest BCUT2D eigenvalue weighted by Gasteiger charge is 2.19. The Morgan fingerprint density at radius 1 is 0.964 bits per heavy atom. The highest BCUT2D eigenvalue weighted by atomic mass is 16.3. The number of phenolic OH excluding ortho intramolecular Hbond substituents is 1. The van der Waals surface area contributed by atoms with Crippen LogP contribution in [0.1, 0.15) is 30.4 Å². The second-order valence-electron chi connectivity index (χ2n) is 8.02. The summed E-state index contributed by atoms with van der Waals surface area (Å²) in [4.78, 5) is 4.97. The Morgan fingerprint density at radius 2 is 1.68 bits per heavy atom. The van der Waals surface area contributed by atoms with Crippen molar-refractivity contribution >= 4 is 0 Å². The molecule has 0 unspecified atom stereocenters. The van der Waals surface area contributed by atoms with Gasteiger partial charge >= 0.3 is 0 Å². The SMILES string of the molecule is NCCN(CCCN1CCC(Cc2ccccc2)CC1)Cc1ccccc1O. The van der Waals surface area contributed by atoms with Gasteiger partial charge in [0.1, 0.15) is 5.75 Å². The molecule has 1 saturated heterocycles. The predicted molar refractivity (Wildman–Crippen MR) is 116 cm³/mol. The molecule has 1 fully saturated rings. The number of piperidine rings is 1. The van der Waals surface area contributed by atoms with Gasteiger partial charge in [0.05, 0.1) is 0 Å². The molecule has 2 aromatic rings. The van der Waals surface area contributed by atoms with Gasteiger partial charge in [0.2, 0.25) is 0 Å².